The van der Waals surface area contributed by atoms with Crippen molar-refractivity contribution in [1.82, 2.24) is 10.3 Å². The lowest BCUT2D eigenvalue weighted by Crippen LogP contribution is -2.33. The highest BCUT2D eigenvalue weighted by Gasteiger charge is 2.32. The quantitative estimate of drug-likeness (QED) is 0.742. The van der Waals surface area contributed by atoms with Crippen LogP contribution in [0.25, 0.3) is 0 Å². The summed E-state index contributed by atoms with van der Waals surface area (Å²) >= 11 is 0. The average molecular weight is 344 g/mol. The number of alkyl halides is 3. The Balaban J connectivity index is 2.05. The van der Waals surface area contributed by atoms with Crippen LogP contribution in [0.5, 0.6) is 0 Å². The standard InChI is InChI=1S/C15H12F4N2O3/c16-9-3-1-8(2-4-9)11(22)7-20-13(23)10-5-6-12(15(17,18)19)21-14(10)24/h1-6,11,22H,7H2,(H,20,23)(H,21,24). The highest BCUT2D eigenvalue weighted by atomic mass is 19.4. The number of hydrogen-bond donors (Lipinski definition) is 3. The molecule has 0 aliphatic heterocycles. The van der Waals surface area contributed by atoms with E-state index in [2.05, 4.69) is 5.32 Å². The van der Waals surface area contributed by atoms with E-state index in [1.54, 1.807) is 4.98 Å². The molecule has 0 bridgehead atoms. The number of aliphatic hydroxyl groups excluding tert-OH is 1. The highest BCUT2D eigenvalue weighted by Crippen LogP contribution is 2.26. The Labute approximate surface area is 132 Å². The molecule has 5 nitrogen and oxygen atoms in total. The van der Waals surface area contributed by atoms with Crippen LogP contribution in [-0.4, -0.2) is 22.5 Å². The number of carbonyl (C=O) groups is 1. The van der Waals surface area contributed by atoms with Gasteiger partial charge >= 0.3 is 6.18 Å². The Hall–Kier alpha value is -2.68. The summed E-state index contributed by atoms with van der Waals surface area (Å²) in [5, 5.41) is 12.1. The predicted octanol–water partition coefficient (Wildman–Crippen LogP) is 2.00. The summed E-state index contributed by atoms with van der Waals surface area (Å²) in [4.78, 5) is 25.0. The fourth-order valence-corrected chi connectivity index (χ4v) is 1.91. The molecule has 1 aromatic heterocycles. The fraction of sp³-hybridized carbons (Fsp3) is 0.200. The van der Waals surface area contributed by atoms with E-state index in [0.717, 1.165) is 18.2 Å². The first kappa shape index (κ1) is 17.7. The van der Waals surface area contributed by atoms with E-state index in [9.17, 15) is 32.3 Å². The van der Waals surface area contributed by atoms with E-state index in [-0.39, 0.29) is 6.54 Å². The van der Waals surface area contributed by atoms with Gasteiger partial charge in [0.15, 0.2) is 0 Å². The minimum atomic E-state index is -4.73. The van der Waals surface area contributed by atoms with Crippen LogP contribution in [0.3, 0.4) is 0 Å². The second kappa shape index (κ2) is 6.83. The van der Waals surface area contributed by atoms with Crippen molar-refractivity contribution in [3.05, 3.63) is 69.4 Å². The van der Waals surface area contributed by atoms with Crippen molar-refractivity contribution in [3.8, 4) is 0 Å². The minimum absolute atomic E-state index is 0.301. The van der Waals surface area contributed by atoms with E-state index in [4.69, 9.17) is 0 Å². The molecule has 1 atom stereocenters. The van der Waals surface area contributed by atoms with Crippen molar-refractivity contribution in [2.75, 3.05) is 6.54 Å². The van der Waals surface area contributed by atoms with Gasteiger partial charge in [0.1, 0.15) is 17.1 Å². The molecule has 3 N–H and O–H groups in total. The van der Waals surface area contributed by atoms with Gasteiger partial charge in [0.25, 0.3) is 11.5 Å². The summed E-state index contributed by atoms with van der Waals surface area (Å²) in [5.74, 6) is -1.43. The van der Waals surface area contributed by atoms with Crippen LogP contribution in [0.4, 0.5) is 17.6 Å². The molecule has 0 aliphatic carbocycles. The molecule has 0 saturated carbocycles. The number of aliphatic hydroxyl groups is 1. The zero-order valence-corrected chi connectivity index (χ0v) is 12.0. The van der Waals surface area contributed by atoms with Crippen molar-refractivity contribution in [3.63, 3.8) is 0 Å². The lowest BCUT2D eigenvalue weighted by atomic mass is 10.1. The van der Waals surface area contributed by atoms with Gasteiger partial charge in [-0.1, -0.05) is 12.1 Å². The molecule has 1 amide bonds. The van der Waals surface area contributed by atoms with Crippen LogP contribution in [0.2, 0.25) is 0 Å². The number of halogens is 4. The average Bonchev–Trinajstić information content (AvgIpc) is 2.52. The van der Waals surface area contributed by atoms with Gasteiger partial charge in [0.05, 0.1) is 6.10 Å². The fourth-order valence-electron chi connectivity index (χ4n) is 1.91. The number of pyridine rings is 1. The second-order valence-electron chi connectivity index (χ2n) is 4.89. The second-order valence-corrected chi connectivity index (χ2v) is 4.89. The molecule has 0 saturated heterocycles. The minimum Gasteiger partial charge on any atom is -0.387 e. The molecule has 128 valence electrons. The van der Waals surface area contributed by atoms with Crippen molar-refractivity contribution in [2.45, 2.75) is 12.3 Å². The third-order valence-electron chi connectivity index (χ3n) is 3.17. The van der Waals surface area contributed by atoms with E-state index in [0.29, 0.717) is 11.6 Å². The van der Waals surface area contributed by atoms with Crippen LogP contribution < -0.4 is 10.9 Å². The number of benzene rings is 1. The van der Waals surface area contributed by atoms with Crippen molar-refractivity contribution < 1.29 is 27.5 Å². The Morgan fingerprint density at radius 1 is 1.17 bits per heavy atom. The number of aromatic nitrogens is 1. The molecule has 1 heterocycles. The zero-order valence-electron chi connectivity index (χ0n) is 12.0. The molecule has 2 aromatic rings. The molecule has 0 radical (unpaired) electrons. The van der Waals surface area contributed by atoms with Crippen LogP contribution in [0.1, 0.15) is 27.7 Å². The lowest BCUT2D eigenvalue weighted by molar-refractivity contribution is -0.141. The topological polar surface area (TPSA) is 82.2 Å². The number of aromatic amines is 1. The summed E-state index contributed by atoms with van der Waals surface area (Å²) < 4.78 is 50.1. The molecule has 0 fully saturated rings. The number of carbonyl (C=O) groups excluding carboxylic acids is 1. The third-order valence-corrected chi connectivity index (χ3v) is 3.17. The SMILES string of the molecule is O=C(NCC(O)c1ccc(F)cc1)c1ccc(C(F)(F)F)[nH]c1=O. The molecule has 1 unspecified atom stereocenters. The summed E-state index contributed by atoms with van der Waals surface area (Å²) in [6.45, 7) is -0.301. The first-order chi connectivity index (χ1) is 11.2. The maximum absolute atomic E-state index is 12.8. The Morgan fingerprint density at radius 3 is 2.33 bits per heavy atom. The van der Waals surface area contributed by atoms with Gasteiger partial charge in [-0.05, 0) is 29.8 Å². The monoisotopic (exact) mass is 344 g/mol. The lowest BCUT2D eigenvalue weighted by Gasteiger charge is -2.12. The molecule has 9 heteroatoms. The van der Waals surface area contributed by atoms with Crippen LogP contribution in [0, 0.1) is 5.82 Å². The normalized spacial score (nSPS) is 12.7. The smallest absolute Gasteiger partial charge is 0.387 e. The summed E-state index contributed by atoms with van der Waals surface area (Å²) in [6.07, 6.45) is -5.89. The van der Waals surface area contributed by atoms with E-state index >= 15 is 0 Å². The van der Waals surface area contributed by atoms with Crippen molar-refractivity contribution >= 4 is 5.91 Å². The third kappa shape index (κ3) is 4.19. The van der Waals surface area contributed by atoms with Crippen LogP contribution in [0.15, 0.2) is 41.2 Å². The van der Waals surface area contributed by atoms with Crippen molar-refractivity contribution in [1.29, 1.82) is 0 Å². The zero-order chi connectivity index (χ0) is 17.9. The van der Waals surface area contributed by atoms with Gasteiger partial charge in [-0.15, -0.1) is 0 Å². The number of hydrogen-bond acceptors (Lipinski definition) is 3. The Bertz CT molecular complexity index is 785. The molecule has 1 aromatic carbocycles. The molecule has 0 spiro atoms. The summed E-state index contributed by atoms with van der Waals surface area (Å²) in [5.41, 5.74) is -2.65. The highest BCUT2D eigenvalue weighted by molar-refractivity contribution is 5.93. The maximum atomic E-state index is 12.8. The van der Waals surface area contributed by atoms with Gasteiger partial charge in [-0.3, -0.25) is 9.59 Å². The van der Waals surface area contributed by atoms with Gasteiger partial charge < -0.3 is 15.4 Å². The number of nitrogens with one attached hydrogen (secondary N) is 2. The van der Waals surface area contributed by atoms with E-state index < -0.39 is 40.8 Å². The van der Waals surface area contributed by atoms with Gasteiger partial charge in [0, 0.05) is 6.54 Å². The summed E-state index contributed by atoms with van der Waals surface area (Å²) in [6, 6.07) is 6.21. The molecule has 2 rings (SSSR count). The van der Waals surface area contributed by atoms with Gasteiger partial charge in [0.2, 0.25) is 0 Å². The number of H-pyrrole nitrogens is 1. The number of amides is 1. The molecular formula is C15H12F4N2O3. The van der Waals surface area contributed by atoms with E-state index in [1.165, 1.54) is 12.1 Å². The predicted molar refractivity (Wildman–Crippen MR) is 75.8 cm³/mol. The Morgan fingerprint density at radius 2 is 1.79 bits per heavy atom. The van der Waals surface area contributed by atoms with E-state index in [1.807, 2.05) is 0 Å². The molecular weight excluding hydrogens is 332 g/mol. The molecule has 0 aliphatic rings. The van der Waals surface area contributed by atoms with Gasteiger partial charge in [-0.25, -0.2) is 4.39 Å². The maximum Gasteiger partial charge on any atom is 0.431 e. The van der Waals surface area contributed by atoms with Gasteiger partial charge in [-0.2, -0.15) is 13.2 Å². The van der Waals surface area contributed by atoms with Crippen LogP contribution in [-0.2, 0) is 6.18 Å². The Kier molecular flexibility index (Phi) is 5.03. The first-order valence-corrected chi connectivity index (χ1v) is 6.70. The van der Waals surface area contributed by atoms with Crippen LogP contribution >= 0.6 is 0 Å². The number of rotatable bonds is 4. The molecule has 24 heavy (non-hydrogen) atoms. The first-order valence-electron chi connectivity index (χ1n) is 6.70. The largest absolute Gasteiger partial charge is 0.431 e. The summed E-state index contributed by atoms with van der Waals surface area (Å²) in [7, 11) is 0. The van der Waals surface area contributed by atoms with Crippen molar-refractivity contribution in [2.24, 2.45) is 0 Å².